The molecule has 1 heterocycles. The van der Waals surface area contributed by atoms with Gasteiger partial charge in [0.05, 0.1) is 18.2 Å². The molecular weight excluding hydrogens is 244 g/mol. The van der Waals surface area contributed by atoms with Gasteiger partial charge in [-0.2, -0.15) is 5.10 Å². The zero-order chi connectivity index (χ0) is 14.2. The molecule has 1 aromatic heterocycles. The largest absolute Gasteiger partial charge is 0.476 e. The quantitative estimate of drug-likeness (QED) is 0.888. The number of hydrogen-bond acceptors (Lipinski definition) is 3. The minimum Gasteiger partial charge on any atom is -0.476 e. The van der Waals surface area contributed by atoms with E-state index in [1.54, 1.807) is 16.8 Å². The van der Waals surface area contributed by atoms with E-state index in [1.807, 2.05) is 32.9 Å². The minimum atomic E-state index is -1.06. The number of hydrogen-bond donors (Lipinski definition) is 2. The Bertz CT molecular complexity index is 611. The third-order valence-corrected chi connectivity index (χ3v) is 3.21. The molecule has 0 spiro atoms. The number of aliphatic hydroxyl groups is 1. The van der Waals surface area contributed by atoms with Crippen LogP contribution in [0.4, 0.5) is 0 Å². The number of aromatic carboxylic acids is 1. The van der Waals surface area contributed by atoms with E-state index in [2.05, 4.69) is 5.10 Å². The lowest BCUT2D eigenvalue weighted by Gasteiger charge is -2.25. The summed E-state index contributed by atoms with van der Waals surface area (Å²) in [7, 11) is 0. The number of carboxylic acids is 1. The van der Waals surface area contributed by atoms with Crippen molar-refractivity contribution >= 4 is 16.9 Å². The molecule has 19 heavy (non-hydrogen) atoms. The van der Waals surface area contributed by atoms with Gasteiger partial charge < -0.3 is 10.2 Å². The Morgan fingerprint density at radius 2 is 2.00 bits per heavy atom. The summed E-state index contributed by atoms with van der Waals surface area (Å²) in [6, 6.07) is 7.15. The third kappa shape index (κ3) is 2.61. The second kappa shape index (κ2) is 4.66. The molecule has 1 atom stereocenters. The average molecular weight is 262 g/mol. The Morgan fingerprint density at radius 1 is 1.37 bits per heavy atom. The highest BCUT2D eigenvalue weighted by atomic mass is 16.4. The number of aromatic nitrogens is 2. The maximum atomic E-state index is 11.2. The lowest BCUT2D eigenvalue weighted by Crippen LogP contribution is -2.31. The van der Waals surface area contributed by atoms with Gasteiger partial charge in [0.1, 0.15) is 0 Å². The normalized spacial score (nSPS) is 13.7. The van der Waals surface area contributed by atoms with Crippen molar-refractivity contribution < 1.29 is 15.0 Å². The van der Waals surface area contributed by atoms with Gasteiger partial charge in [0, 0.05) is 5.39 Å². The first kappa shape index (κ1) is 13.5. The predicted octanol–water partition coefficient (Wildman–Crippen LogP) is 2.14. The summed E-state index contributed by atoms with van der Waals surface area (Å²) in [6.45, 7) is 6.07. The highest BCUT2D eigenvalue weighted by molar-refractivity contribution is 6.01. The summed E-state index contributed by atoms with van der Waals surface area (Å²) in [5.74, 6) is -1.06. The molecule has 0 amide bonds. The Balaban J connectivity index is 2.47. The van der Waals surface area contributed by atoms with Gasteiger partial charge in [-0.15, -0.1) is 0 Å². The van der Waals surface area contributed by atoms with Crippen LogP contribution in [0.1, 0.15) is 31.3 Å². The molecule has 1 aromatic carbocycles. The topological polar surface area (TPSA) is 75.3 Å². The van der Waals surface area contributed by atoms with Crippen LogP contribution in [-0.2, 0) is 6.54 Å². The Kier molecular flexibility index (Phi) is 3.32. The smallest absolute Gasteiger partial charge is 0.357 e. The van der Waals surface area contributed by atoms with Gasteiger partial charge in [0.25, 0.3) is 0 Å². The van der Waals surface area contributed by atoms with Gasteiger partial charge in [-0.3, -0.25) is 4.68 Å². The van der Waals surface area contributed by atoms with Gasteiger partial charge in [-0.05, 0) is 11.5 Å². The number of nitrogens with zero attached hydrogens (tertiary/aromatic N) is 2. The molecule has 2 rings (SSSR count). The van der Waals surface area contributed by atoms with Crippen LogP contribution in [0.3, 0.4) is 0 Å². The lowest BCUT2D eigenvalue weighted by molar-refractivity contribution is 0.0457. The van der Waals surface area contributed by atoms with Crippen molar-refractivity contribution in [3.8, 4) is 0 Å². The lowest BCUT2D eigenvalue weighted by atomic mass is 9.89. The van der Waals surface area contributed by atoms with Crippen LogP contribution in [0.5, 0.6) is 0 Å². The van der Waals surface area contributed by atoms with Crippen molar-refractivity contribution in [3.05, 3.63) is 30.0 Å². The first-order chi connectivity index (χ1) is 8.80. The van der Waals surface area contributed by atoms with E-state index in [9.17, 15) is 9.90 Å². The second-order valence-electron chi connectivity index (χ2n) is 5.73. The second-order valence-corrected chi connectivity index (χ2v) is 5.73. The molecule has 5 nitrogen and oxygen atoms in total. The maximum absolute atomic E-state index is 11.2. The van der Waals surface area contributed by atoms with Gasteiger partial charge in [-0.1, -0.05) is 39.0 Å². The number of fused-ring (bicyclic) bond motifs is 1. The summed E-state index contributed by atoms with van der Waals surface area (Å²) in [4.78, 5) is 11.2. The Labute approximate surface area is 111 Å². The summed E-state index contributed by atoms with van der Waals surface area (Å²) in [5.41, 5.74) is 0.469. The minimum absolute atomic E-state index is 0.0247. The van der Waals surface area contributed by atoms with Crippen LogP contribution in [0, 0.1) is 5.41 Å². The van der Waals surface area contributed by atoms with Crippen LogP contribution < -0.4 is 0 Å². The zero-order valence-electron chi connectivity index (χ0n) is 11.3. The van der Waals surface area contributed by atoms with Crippen LogP contribution in [0.25, 0.3) is 10.9 Å². The molecule has 1 unspecified atom stereocenters. The number of carboxylic acid groups (broad SMARTS) is 1. The number of benzene rings is 1. The third-order valence-electron chi connectivity index (χ3n) is 3.21. The standard InChI is InChI=1S/C14H18N2O3/c1-14(2,3)11(17)8-16-10-7-5-4-6-9(10)12(15-16)13(18)19/h4-7,11,17H,8H2,1-3H3,(H,18,19). The maximum Gasteiger partial charge on any atom is 0.357 e. The van der Waals surface area contributed by atoms with E-state index >= 15 is 0 Å². The van der Waals surface area contributed by atoms with Gasteiger partial charge in [-0.25, -0.2) is 4.79 Å². The van der Waals surface area contributed by atoms with Crippen molar-refractivity contribution in [2.24, 2.45) is 5.41 Å². The molecule has 5 heteroatoms. The summed E-state index contributed by atoms with van der Waals surface area (Å²) < 4.78 is 1.56. The van der Waals surface area contributed by atoms with Crippen LogP contribution in [-0.4, -0.2) is 32.1 Å². The van der Waals surface area contributed by atoms with Gasteiger partial charge in [0.2, 0.25) is 0 Å². The first-order valence-electron chi connectivity index (χ1n) is 6.17. The number of aliphatic hydroxyl groups excluding tert-OH is 1. The fraction of sp³-hybridized carbons (Fsp3) is 0.429. The molecule has 0 fully saturated rings. The monoisotopic (exact) mass is 262 g/mol. The van der Waals surface area contributed by atoms with Crippen LogP contribution >= 0.6 is 0 Å². The fourth-order valence-electron chi connectivity index (χ4n) is 1.86. The Hall–Kier alpha value is -1.88. The highest BCUT2D eigenvalue weighted by Gasteiger charge is 2.24. The molecule has 2 aromatic rings. The van der Waals surface area contributed by atoms with E-state index in [0.29, 0.717) is 5.39 Å². The van der Waals surface area contributed by atoms with E-state index in [-0.39, 0.29) is 17.7 Å². The van der Waals surface area contributed by atoms with Crippen molar-refractivity contribution in [3.63, 3.8) is 0 Å². The van der Waals surface area contributed by atoms with E-state index in [0.717, 1.165) is 5.52 Å². The predicted molar refractivity (Wildman–Crippen MR) is 72.2 cm³/mol. The van der Waals surface area contributed by atoms with Crippen LogP contribution in [0.2, 0.25) is 0 Å². The van der Waals surface area contributed by atoms with Crippen molar-refractivity contribution in [2.45, 2.75) is 33.4 Å². The summed E-state index contributed by atoms with van der Waals surface area (Å²) >= 11 is 0. The average Bonchev–Trinajstić information content (AvgIpc) is 2.67. The molecule has 0 bridgehead atoms. The first-order valence-corrected chi connectivity index (χ1v) is 6.17. The molecular formula is C14H18N2O3. The zero-order valence-corrected chi connectivity index (χ0v) is 11.3. The molecule has 0 radical (unpaired) electrons. The molecule has 2 N–H and O–H groups in total. The molecule has 102 valence electrons. The molecule has 0 saturated carbocycles. The molecule has 0 saturated heterocycles. The van der Waals surface area contributed by atoms with E-state index in [1.165, 1.54) is 0 Å². The van der Waals surface area contributed by atoms with E-state index < -0.39 is 12.1 Å². The Morgan fingerprint density at radius 3 is 2.58 bits per heavy atom. The van der Waals surface area contributed by atoms with Gasteiger partial charge >= 0.3 is 5.97 Å². The summed E-state index contributed by atoms with van der Waals surface area (Å²) in [6.07, 6.45) is -0.600. The molecule has 0 aliphatic rings. The van der Waals surface area contributed by atoms with Crippen molar-refractivity contribution in [1.29, 1.82) is 0 Å². The number of rotatable bonds is 3. The van der Waals surface area contributed by atoms with Crippen LogP contribution in [0.15, 0.2) is 24.3 Å². The van der Waals surface area contributed by atoms with Crippen molar-refractivity contribution in [2.75, 3.05) is 0 Å². The number of para-hydroxylation sites is 1. The van der Waals surface area contributed by atoms with Gasteiger partial charge in [0.15, 0.2) is 5.69 Å². The van der Waals surface area contributed by atoms with Crippen molar-refractivity contribution in [1.82, 2.24) is 9.78 Å². The molecule has 0 aliphatic heterocycles. The fourth-order valence-corrected chi connectivity index (χ4v) is 1.86. The van der Waals surface area contributed by atoms with E-state index in [4.69, 9.17) is 5.11 Å². The SMILES string of the molecule is CC(C)(C)C(O)Cn1nc(C(=O)O)c2ccccc21. The summed E-state index contributed by atoms with van der Waals surface area (Å²) in [5, 5.41) is 24.0. The highest BCUT2D eigenvalue weighted by Crippen LogP contribution is 2.23. The molecule has 0 aliphatic carbocycles. The number of carbonyl (C=O) groups is 1.